The zero-order valence-electron chi connectivity index (χ0n) is 24.9. The summed E-state index contributed by atoms with van der Waals surface area (Å²) < 4.78 is 11.0. The lowest BCUT2D eigenvalue weighted by atomic mass is 9.76. The molecule has 2 atom stereocenters. The molecule has 0 saturated heterocycles. The highest BCUT2D eigenvalue weighted by Gasteiger charge is 2.55. The van der Waals surface area contributed by atoms with E-state index >= 15 is 0 Å². The first kappa shape index (κ1) is 29.1. The van der Waals surface area contributed by atoms with E-state index in [0.717, 1.165) is 38.9 Å². The van der Waals surface area contributed by atoms with Gasteiger partial charge in [0.1, 0.15) is 6.04 Å². The first-order chi connectivity index (χ1) is 21.6. The van der Waals surface area contributed by atoms with Crippen LogP contribution in [0.3, 0.4) is 0 Å². The lowest BCUT2D eigenvalue weighted by Gasteiger charge is -2.48. The molecule has 0 fully saturated rings. The number of carbonyl (C=O) groups excluding carboxylic acids is 2. The molecule has 0 spiro atoms. The summed E-state index contributed by atoms with van der Waals surface area (Å²) in [6, 6.07) is 45.8. The normalized spacial score (nSPS) is 14.2. The van der Waals surface area contributed by atoms with Gasteiger partial charge in [-0.2, -0.15) is 0 Å². The Bertz CT molecular complexity index is 1690. The molecule has 5 aromatic rings. The Morgan fingerprint density at radius 2 is 1.05 bits per heavy atom. The van der Waals surface area contributed by atoms with Crippen molar-refractivity contribution in [1.82, 2.24) is 4.90 Å². The summed E-state index contributed by atoms with van der Waals surface area (Å²) in [4.78, 5) is 30.3. The van der Waals surface area contributed by atoms with E-state index in [0.29, 0.717) is 13.0 Å². The quantitative estimate of drug-likeness (QED) is 0.166. The molecule has 0 aromatic heterocycles. The molecule has 0 aliphatic heterocycles. The second-order valence-corrected chi connectivity index (χ2v) is 11.1. The Kier molecular flexibility index (Phi) is 8.40. The van der Waals surface area contributed by atoms with Crippen molar-refractivity contribution in [2.75, 3.05) is 14.2 Å². The SMILES string of the molecule is COC(=O)[C@@H](Cc1ccccc1)[C@H](C(=O)OC)N(Cc1ccccc1)C1(c2ccccc2)c2ccccc2-c2ccccc21. The minimum atomic E-state index is -1.01. The molecule has 0 unspecified atom stereocenters. The molecular weight excluding hydrogens is 546 g/mol. The summed E-state index contributed by atoms with van der Waals surface area (Å²) >= 11 is 0. The predicted molar refractivity (Wildman–Crippen MR) is 172 cm³/mol. The first-order valence-electron chi connectivity index (χ1n) is 14.8. The Morgan fingerprint density at radius 3 is 1.57 bits per heavy atom. The van der Waals surface area contributed by atoms with E-state index in [4.69, 9.17) is 9.47 Å². The van der Waals surface area contributed by atoms with E-state index in [2.05, 4.69) is 53.4 Å². The zero-order valence-corrected chi connectivity index (χ0v) is 24.9. The second kappa shape index (κ2) is 12.7. The molecule has 220 valence electrons. The number of rotatable bonds is 10. The van der Waals surface area contributed by atoms with Crippen molar-refractivity contribution in [3.63, 3.8) is 0 Å². The minimum absolute atomic E-state index is 0.298. The van der Waals surface area contributed by atoms with Crippen molar-refractivity contribution in [3.05, 3.63) is 167 Å². The Hall–Kier alpha value is -5.00. The van der Waals surface area contributed by atoms with Gasteiger partial charge in [0.25, 0.3) is 0 Å². The standard InChI is InChI=1S/C39H35NO4/c1-43-37(41)33(26-28-16-6-3-7-17-28)36(38(42)44-2)40(27-29-18-8-4-9-19-29)39(30-20-10-5-11-21-30)34-24-14-12-22-31(34)32-23-13-15-25-35(32)39/h3-25,33,36H,26-27H2,1-2H3/t33-,36+/m0/s1. The van der Waals surface area contributed by atoms with E-state index in [1.165, 1.54) is 14.2 Å². The number of hydrogen-bond acceptors (Lipinski definition) is 5. The van der Waals surface area contributed by atoms with Gasteiger partial charge in [-0.1, -0.05) is 140 Å². The van der Waals surface area contributed by atoms with Crippen molar-refractivity contribution < 1.29 is 19.1 Å². The van der Waals surface area contributed by atoms with Gasteiger partial charge in [0, 0.05) is 6.54 Å². The van der Waals surface area contributed by atoms with E-state index < -0.39 is 29.4 Å². The molecule has 0 N–H and O–H groups in total. The third-order valence-corrected chi connectivity index (χ3v) is 8.70. The Balaban J connectivity index is 1.69. The van der Waals surface area contributed by atoms with Crippen LogP contribution in [-0.4, -0.2) is 37.1 Å². The molecule has 5 nitrogen and oxygen atoms in total. The predicted octanol–water partition coefficient (Wildman–Crippen LogP) is 7.03. The van der Waals surface area contributed by atoms with Crippen LogP contribution in [0.1, 0.15) is 27.8 Å². The number of ether oxygens (including phenoxy) is 2. The molecular formula is C39H35NO4. The topological polar surface area (TPSA) is 55.8 Å². The third-order valence-electron chi connectivity index (χ3n) is 8.70. The number of carbonyl (C=O) groups is 2. The van der Waals surface area contributed by atoms with Crippen molar-refractivity contribution >= 4 is 11.9 Å². The van der Waals surface area contributed by atoms with Crippen LogP contribution < -0.4 is 0 Å². The summed E-state index contributed by atoms with van der Waals surface area (Å²) in [5.41, 5.74) is 6.25. The molecule has 5 heteroatoms. The van der Waals surface area contributed by atoms with Crippen molar-refractivity contribution in [2.24, 2.45) is 5.92 Å². The smallest absolute Gasteiger partial charge is 0.324 e. The van der Waals surface area contributed by atoms with E-state index in [9.17, 15) is 9.59 Å². The van der Waals surface area contributed by atoms with Crippen LogP contribution in [0.15, 0.2) is 140 Å². The summed E-state index contributed by atoms with van der Waals surface area (Å²) in [6.07, 6.45) is 0.298. The maximum absolute atomic E-state index is 14.3. The molecule has 1 aliphatic carbocycles. The van der Waals surface area contributed by atoms with Crippen molar-refractivity contribution in [3.8, 4) is 11.1 Å². The van der Waals surface area contributed by atoms with Gasteiger partial charge in [-0.05, 0) is 45.4 Å². The van der Waals surface area contributed by atoms with Crippen molar-refractivity contribution in [1.29, 1.82) is 0 Å². The summed E-state index contributed by atoms with van der Waals surface area (Å²) in [7, 11) is 2.77. The molecule has 6 rings (SSSR count). The average Bonchev–Trinajstić information content (AvgIpc) is 3.39. The largest absolute Gasteiger partial charge is 0.469 e. The number of fused-ring (bicyclic) bond motifs is 3. The fraction of sp³-hybridized carbons (Fsp3) is 0.179. The number of benzene rings is 5. The maximum Gasteiger partial charge on any atom is 0.324 e. The summed E-state index contributed by atoms with van der Waals surface area (Å²) in [5.74, 6) is -1.83. The van der Waals surface area contributed by atoms with E-state index in [1.54, 1.807) is 0 Å². The van der Waals surface area contributed by atoms with Crippen molar-refractivity contribution in [2.45, 2.75) is 24.5 Å². The van der Waals surface area contributed by atoms with Gasteiger partial charge in [0.05, 0.1) is 25.7 Å². The monoisotopic (exact) mass is 581 g/mol. The van der Waals surface area contributed by atoms with Gasteiger partial charge in [-0.25, -0.2) is 0 Å². The van der Waals surface area contributed by atoms with Gasteiger partial charge in [-0.15, -0.1) is 0 Å². The molecule has 0 radical (unpaired) electrons. The van der Waals surface area contributed by atoms with Crippen LogP contribution in [0.2, 0.25) is 0 Å². The fourth-order valence-electron chi connectivity index (χ4n) is 6.86. The number of esters is 2. The molecule has 0 saturated carbocycles. The van der Waals surface area contributed by atoms with Gasteiger partial charge in [0.2, 0.25) is 0 Å². The second-order valence-electron chi connectivity index (χ2n) is 11.1. The lowest BCUT2D eigenvalue weighted by Crippen LogP contribution is -2.58. The first-order valence-corrected chi connectivity index (χ1v) is 14.8. The maximum atomic E-state index is 14.3. The zero-order chi connectivity index (χ0) is 30.5. The van der Waals surface area contributed by atoms with Gasteiger partial charge in [0.15, 0.2) is 0 Å². The molecule has 1 aliphatic rings. The highest BCUT2D eigenvalue weighted by Crippen LogP contribution is 2.55. The highest BCUT2D eigenvalue weighted by molar-refractivity contribution is 5.87. The van der Waals surface area contributed by atoms with Crippen LogP contribution in [0.25, 0.3) is 11.1 Å². The fourth-order valence-corrected chi connectivity index (χ4v) is 6.86. The molecule has 0 amide bonds. The van der Waals surface area contributed by atoms with Gasteiger partial charge >= 0.3 is 11.9 Å². The third kappa shape index (κ3) is 5.10. The molecule has 0 heterocycles. The average molecular weight is 582 g/mol. The number of methoxy groups -OCH3 is 2. The summed E-state index contributed by atoms with van der Waals surface area (Å²) in [5, 5.41) is 0. The minimum Gasteiger partial charge on any atom is -0.469 e. The molecule has 0 bridgehead atoms. The highest BCUT2D eigenvalue weighted by atomic mass is 16.5. The van der Waals surface area contributed by atoms with Crippen LogP contribution in [-0.2, 0) is 37.6 Å². The molecule has 5 aromatic carbocycles. The molecule has 44 heavy (non-hydrogen) atoms. The van der Waals surface area contributed by atoms with Gasteiger partial charge < -0.3 is 9.47 Å². The van der Waals surface area contributed by atoms with Crippen LogP contribution in [0, 0.1) is 5.92 Å². The van der Waals surface area contributed by atoms with E-state index in [1.807, 2.05) is 91.0 Å². The van der Waals surface area contributed by atoms with Gasteiger partial charge in [-0.3, -0.25) is 14.5 Å². The van der Waals surface area contributed by atoms with Crippen LogP contribution >= 0.6 is 0 Å². The number of hydrogen-bond donors (Lipinski definition) is 0. The van der Waals surface area contributed by atoms with Crippen LogP contribution in [0.4, 0.5) is 0 Å². The lowest BCUT2D eigenvalue weighted by molar-refractivity contribution is -0.162. The number of nitrogens with zero attached hydrogens (tertiary/aromatic N) is 1. The van der Waals surface area contributed by atoms with Crippen LogP contribution in [0.5, 0.6) is 0 Å². The van der Waals surface area contributed by atoms with E-state index in [-0.39, 0.29) is 0 Å². The summed E-state index contributed by atoms with van der Waals surface area (Å²) in [6.45, 7) is 0.362. The Labute approximate surface area is 258 Å². The Morgan fingerprint density at radius 1 is 0.591 bits per heavy atom.